The van der Waals surface area contributed by atoms with E-state index in [0.29, 0.717) is 38.5 Å². The fourth-order valence-corrected chi connectivity index (χ4v) is 6.59. The summed E-state index contributed by atoms with van der Waals surface area (Å²) in [6.07, 6.45) is 0. The molecule has 0 radical (unpaired) electrons. The normalized spacial score (nSPS) is 16.6. The van der Waals surface area contributed by atoms with E-state index < -0.39 is 10.0 Å². The van der Waals surface area contributed by atoms with E-state index >= 15 is 0 Å². The van der Waals surface area contributed by atoms with Crippen LogP contribution in [-0.2, 0) is 14.8 Å². The van der Waals surface area contributed by atoms with Gasteiger partial charge in [0.25, 0.3) is 0 Å². The zero-order chi connectivity index (χ0) is 23.6. The number of carbonyl (C=O) groups is 1. The minimum Gasteiger partial charge on any atom is -0.492 e. The summed E-state index contributed by atoms with van der Waals surface area (Å²) >= 11 is 1.68. The van der Waals surface area contributed by atoms with Gasteiger partial charge < -0.3 is 10.1 Å². The van der Waals surface area contributed by atoms with Crippen LogP contribution >= 0.6 is 11.3 Å². The number of carbonyl (C=O) groups excluding carboxylic acids is 1. The second-order valence-electron chi connectivity index (χ2n) is 7.91. The highest BCUT2D eigenvalue weighted by Crippen LogP contribution is 2.33. The van der Waals surface area contributed by atoms with Crippen LogP contribution in [0.2, 0.25) is 0 Å². The number of ether oxygens (including phenoxy) is 1. The topological polar surface area (TPSA) is 91.8 Å². The van der Waals surface area contributed by atoms with Crippen LogP contribution in [0, 0.1) is 0 Å². The molecule has 4 rings (SSSR count). The Bertz CT molecular complexity index is 1220. The van der Waals surface area contributed by atoms with Gasteiger partial charge in [-0.05, 0) is 44.2 Å². The summed E-state index contributed by atoms with van der Waals surface area (Å²) in [7, 11) is -3.79. The molecule has 33 heavy (non-hydrogen) atoms. The zero-order valence-electron chi connectivity index (χ0n) is 18.9. The first-order valence-corrected chi connectivity index (χ1v) is 13.2. The first kappa shape index (κ1) is 23.6. The van der Waals surface area contributed by atoms with Crippen LogP contribution < -0.4 is 10.1 Å². The number of para-hydroxylation sites is 1. The van der Waals surface area contributed by atoms with Crippen molar-refractivity contribution in [2.75, 3.05) is 38.1 Å². The summed E-state index contributed by atoms with van der Waals surface area (Å²) in [6.45, 7) is 7.59. The third-order valence-corrected chi connectivity index (χ3v) is 8.80. The molecule has 8 nitrogen and oxygen atoms in total. The van der Waals surface area contributed by atoms with Gasteiger partial charge in [0.2, 0.25) is 15.9 Å². The standard InChI is InChI=1S/C23H28N4O4S2/c1-4-31-20-10-9-18(24-17(3)28)15-22(20)33(29,30)27-13-11-26(12-14-27)16(2)23-25-19-7-5-6-8-21(19)32-23/h5-10,15-16H,4,11-14H2,1-3H3,(H,24,28)/t16-/m0/s1. The van der Waals surface area contributed by atoms with Crippen molar-refractivity contribution in [2.24, 2.45) is 0 Å². The Morgan fingerprint density at radius 1 is 1.18 bits per heavy atom. The van der Waals surface area contributed by atoms with Gasteiger partial charge >= 0.3 is 0 Å². The first-order valence-electron chi connectivity index (χ1n) is 10.9. The van der Waals surface area contributed by atoms with E-state index in [1.165, 1.54) is 17.3 Å². The molecule has 0 spiro atoms. The van der Waals surface area contributed by atoms with Gasteiger partial charge in [-0.15, -0.1) is 11.3 Å². The lowest BCUT2D eigenvalue weighted by Gasteiger charge is -2.36. The van der Waals surface area contributed by atoms with Gasteiger partial charge in [-0.25, -0.2) is 13.4 Å². The maximum absolute atomic E-state index is 13.5. The molecule has 0 bridgehead atoms. The summed E-state index contributed by atoms with van der Waals surface area (Å²) < 4.78 is 35.2. The Kier molecular flexibility index (Phi) is 6.99. The van der Waals surface area contributed by atoms with Gasteiger partial charge in [-0.3, -0.25) is 9.69 Å². The fraction of sp³-hybridized carbons (Fsp3) is 0.391. The molecule has 2 aromatic carbocycles. The summed E-state index contributed by atoms with van der Waals surface area (Å²) in [5.41, 5.74) is 1.42. The molecular formula is C23H28N4O4S2. The van der Waals surface area contributed by atoms with Gasteiger partial charge in [0.1, 0.15) is 15.7 Å². The number of thiazole rings is 1. The fourth-order valence-electron chi connectivity index (χ4n) is 3.96. The second-order valence-corrected chi connectivity index (χ2v) is 10.9. The van der Waals surface area contributed by atoms with E-state index in [-0.39, 0.29) is 22.6 Å². The Morgan fingerprint density at radius 2 is 1.91 bits per heavy atom. The van der Waals surface area contributed by atoms with Crippen molar-refractivity contribution in [3.63, 3.8) is 0 Å². The number of sulfonamides is 1. The molecule has 1 saturated heterocycles. The number of piperazine rings is 1. The highest BCUT2D eigenvalue weighted by atomic mass is 32.2. The van der Waals surface area contributed by atoms with E-state index in [4.69, 9.17) is 9.72 Å². The van der Waals surface area contributed by atoms with Crippen molar-refractivity contribution in [3.05, 3.63) is 47.5 Å². The minimum absolute atomic E-state index is 0.0725. The number of hydrogen-bond donors (Lipinski definition) is 1. The van der Waals surface area contributed by atoms with Crippen molar-refractivity contribution < 1.29 is 17.9 Å². The molecule has 1 aliphatic heterocycles. The average molecular weight is 489 g/mol. The lowest BCUT2D eigenvalue weighted by atomic mass is 10.2. The molecule has 1 N–H and O–H groups in total. The molecule has 3 aromatic rings. The molecule has 1 fully saturated rings. The van der Waals surface area contributed by atoms with Gasteiger partial charge in [-0.2, -0.15) is 4.31 Å². The van der Waals surface area contributed by atoms with Crippen molar-refractivity contribution in [3.8, 4) is 5.75 Å². The number of anilines is 1. The minimum atomic E-state index is -3.79. The van der Waals surface area contributed by atoms with Gasteiger partial charge in [0.15, 0.2) is 0 Å². The van der Waals surface area contributed by atoms with E-state index in [2.05, 4.69) is 23.2 Å². The van der Waals surface area contributed by atoms with Crippen LogP contribution in [-0.4, -0.2) is 61.3 Å². The van der Waals surface area contributed by atoms with Crippen molar-refractivity contribution in [1.29, 1.82) is 0 Å². The Morgan fingerprint density at radius 3 is 2.58 bits per heavy atom. The first-order chi connectivity index (χ1) is 15.8. The zero-order valence-corrected chi connectivity index (χ0v) is 20.6. The van der Waals surface area contributed by atoms with Crippen molar-refractivity contribution in [1.82, 2.24) is 14.2 Å². The lowest BCUT2D eigenvalue weighted by Crippen LogP contribution is -2.49. The second kappa shape index (κ2) is 9.76. The molecule has 176 valence electrons. The van der Waals surface area contributed by atoms with E-state index in [1.54, 1.807) is 30.4 Å². The maximum Gasteiger partial charge on any atom is 0.246 e. The van der Waals surface area contributed by atoms with Gasteiger partial charge in [0.05, 0.1) is 22.9 Å². The van der Waals surface area contributed by atoms with Gasteiger partial charge in [-0.1, -0.05) is 12.1 Å². The lowest BCUT2D eigenvalue weighted by molar-refractivity contribution is -0.114. The van der Waals surface area contributed by atoms with Crippen LogP contribution in [0.1, 0.15) is 31.8 Å². The molecule has 10 heteroatoms. The quantitative estimate of drug-likeness (QED) is 0.545. The molecule has 1 aliphatic rings. The Labute approximate surface area is 198 Å². The van der Waals surface area contributed by atoms with Crippen LogP contribution in [0.15, 0.2) is 47.4 Å². The van der Waals surface area contributed by atoms with Crippen LogP contribution in [0.3, 0.4) is 0 Å². The predicted octanol–water partition coefficient (Wildman–Crippen LogP) is 3.72. The van der Waals surface area contributed by atoms with E-state index in [0.717, 1.165) is 15.2 Å². The van der Waals surface area contributed by atoms with E-state index in [1.807, 2.05) is 18.2 Å². The smallest absolute Gasteiger partial charge is 0.246 e. The molecule has 0 saturated carbocycles. The highest BCUT2D eigenvalue weighted by molar-refractivity contribution is 7.89. The van der Waals surface area contributed by atoms with Crippen molar-refractivity contribution in [2.45, 2.75) is 31.7 Å². The monoisotopic (exact) mass is 488 g/mol. The number of hydrogen-bond acceptors (Lipinski definition) is 7. The summed E-state index contributed by atoms with van der Waals surface area (Å²) in [5.74, 6) is 0.0248. The Hall–Kier alpha value is -2.53. The Balaban J connectivity index is 1.51. The number of benzene rings is 2. The van der Waals surface area contributed by atoms with Crippen LogP contribution in [0.25, 0.3) is 10.2 Å². The molecule has 1 amide bonds. The largest absolute Gasteiger partial charge is 0.492 e. The summed E-state index contributed by atoms with van der Waals surface area (Å²) in [6, 6.07) is 12.9. The number of amides is 1. The third-order valence-electron chi connectivity index (χ3n) is 5.67. The highest BCUT2D eigenvalue weighted by Gasteiger charge is 2.33. The van der Waals surface area contributed by atoms with Crippen LogP contribution in [0.4, 0.5) is 5.69 Å². The number of nitrogens with one attached hydrogen (secondary N) is 1. The molecular weight excluding hydrogens is 460 g/mol. The molecule has 1 aromatic heterocycles. The maximum atomic E-state index is 13.5. The number of nitrogens with zero attached hydrogens (tertiary/aromatic N) is 3. The average Bonchev–Trinajstić information content (AvgIpc) is 3.24. The predicted molar refractivity (Wildman–Crippen MR) is 130 cm³/mol. The number of aromatic nitrogens is 1. The van der Waals surface area contributed by atoms with Crippen LogP contribution in [0.5, 0.6) is 5.75 Å². The number of fused-ring (bicyclic) bond motifs is 1. The molecule has 0 aliphatic carbocycles. The van der Waals surface area contributed by atoms with Crippen molar-refractivity contribution >= 4 is 43.2 Å². The SMILES string of the molecule is CCOc1ccc(NC(C)=O)cc1S(=O)(=O)N1CCN([C@@H](C)c2nc3ccccc3s2)CC1. The summed E-state index contributed by atoms with van der Waals surface area (Å²) in [5, 5.41) is 3.69. The van der Waals surface area contributed by atoms with E-state index in [9.17, 15) is 13.2 Å². The number of rotatable bonds is 7. The van der Waals surface area contributed by atoms with Gasteiger partial charge in [0, 0.05) is 38.8 Å². The third kappa shape index (κ3) is 5.03. The molecule has 1 atom stereocenters. The summed E-state index contributed by atoms with van der Waals surface area (Å²) in [4.78, 5) is 18.5. The molecule has 0 unspecified atom stereocenters. The molecule has 2 heterocycles.